The number of hydrogen-bond donors (Lipinski definition) is 2. The number of rotatable bonds is 5. The molecule has 0 aliphatic heterocycles. The smallest absolute Gasteiger partial charge is 0.189 e. The molecule has 2 atom stereocenters. The van der Waals surface area contributed by atoms with Crippen LogP contribution in [0.15, 0.2) is 29.3 Å². The molecule has 120 valence electrons. The minimum Gasteiger partial charge on any atom is -0.494 e. The summed E-state index contributed by atoms with van der Waals surface area (Å²) >= 11 is 0. The third kappa shape index (κ3) is 3.93. The van der Waals surface area contributed by atoms with Crippen molar-refractivity contribution in [2.45, 2.75) is 63.5 Å². The lowest BCUT2D eigenvalue weighted by molar-refractivity contribution is 0.340. The van der Waals surface area contributed by atoms with E-state index in [1.807, 2.05) is 13.0 Å². The normalized spacial score (nSPS) is 25.8. The first-order valence-corrected chi connectivity index (χ1v) is 8.59. The molecule has 0 aromatic heterocycles. The van der Waals surface area contributed by atoms with Crippen LogP contribution in [0.2, 0.25) is 0 Å². The Morgan fingerprint density at radius 3 is 2.91 bits per heavy atom. The number of benzene rings is 1. The average molecular weight is 301 g/mol. The van der Waals surface area contributed by atoms with Gasteiger partial charge in [0.1, 0.15) is 5.75 Å². The number of hydrogen-bond acceptors (Lipinski definition) is 2. The Labute approximate surface area is 133 Å². The molecular weight excluding hydrogens is 274 g/mol. The summed E-state index contributed by atoms with van der Waals surface area (Å²) in [6.07, 6.45) is 7.50. The van der Waals surface area contributed by atoms with Crippen molar-refractivity contribution in [3.8, 4) is 5.75 Å². The predicted molar refractivity (Wildman–Crippen MR) is 90.4 cm³/mol. The lowest BCUT2D eigenvalue weighted by atomic mass is 9.96. The third-order valence-electron chi connectivity index (χ3n) is 4.62. The Morgan fingerprint density at radius 1 is 1.32 bits per heavy atom. The minimum absolute atomic E-state index is 0.327. The van der Waals surface area contributed by atoms with Crippen molar-refractivity contribution in [3.05, 3.63) is 29.8 Å². The van der Waals surface area contributed by atoms with E-state index in [1.165, 1.54) is 37.7 Å². The van der Waals surface area contributed by atoms with Gasteiger partial charge in [-0.3, -0.25) is 0 Å². The van der Waals surface area contributed by atoms with Gasteiger partial charge in [0, 0.05) is 12.0 Å². The summed E-state index contributed by atoms with van der Waals surface area (Å²) in [4.78, 5) is 4.66. The van der Waals surface area contributed by atoms with Gasteiger partial charge in [-0.2, -0.15) is 0 Å². The van der Waals surface area contributed by atoms with E-state index in [4.69, 9.17) is 10.5 Å². The van der Waals surface area contributed by atoms with Gasteiger partial charge in [-0.25, -0.2) is 4.99 Å². The van der Waals surface area contributed by atoms with Crippen LogP contribution >= 0.6 is 0 Å². The van der Waals surface area contributed by atoms with Crippen LogP contribution in [0.4, 0.5) is 0 Å². The molecule has 0 heterocycles. The Balaban J connectivity index is 1.54. The summed E-state index contributed by atoms with van der Waals surface area (Å²) in [5.74, 6) is 2.07. The second-order valence-electron chi connectivity index (χ2n) is 6.41. The Kier molecular flexibility index (Phi) is 4.86. The van der Waals surface area contributed by atoms with Crippen molar-refractivity contribution < 1.29 is 4.74 Å². The second-order valence-corrected chi connectivity index (χ2v) is 6.41. The fourth-order valence-corrected chi connectivity index (χ4v) is 3.36. The summed E-state index contributed by atoms with van der Waals surface area (Å²) in [5, 5.41) is 3.40. The van der Waals surface area contributed by atoms with Gasteiger partial charge in [0.15, 0.2) is 5.96 Å². The molecule has 2 aliphatic rings. The molecular formula is C18H27N3O. The highest BCUT2D eigenvalue weighted by Gasteiger charge is 2.38. The van der Waals surface area contributed by atoms with Gasteiger partial charge in [-0.1, -0.05) is 31.4 Å². The molecule has 0 spiro atoms. The van der Waals surface area contributed by atoms with Crippen molar-refractivity contribution in [3.63, 3.8) is 0 Å². The van der Waals surface area contributed by atoms with Gasteiger partial charge in [0.25, 0.3) is 0 Å². The van der Waals surface area contributed by atoms with Gasteiger partial charge in [-0.15, -0.1) is 0 Å². The highest BCUT2D eigenvalue weighted by molar-refractivity contribution is 5.78. The lowest BCUT2D eigenvalue weighted by Crippen LogP contribution is -2.41. The topological polar surface area (TPSA) is 59.6 Å². The quantitative estimate of drug-likeness (QED) is 0.648. The zero-order valence-electron chi connectivity index (χ0n) is 13.4. The van der Waals surface area contributed by atoms with Crippen LogP contribution in [0, 0.1) is 0 Å². The van der Waals surface area contributed by atoms with Crippen LogP contribution in [0.25, 0.3) is 0 Å². The summed E-state index contributed by atoms with van der Waals surface area (Å²) in [6, 6.07) is 9.21. The maximum Gasteiger partial charge on any atom is 0.189 e. The molecule has 22 heavy (non-hydrogen) atoms. The molecule has 3 N–H and O–H groups in total. The van der Waals surface area contributed by atoms with Gasteiger partial charge in [0.2, 0.25) is 0 Å². The molecule has 3 rings (SSSR count). The number of aliphatic imine (C=N–C) groups is 1. The van der Waals surface area contributed by atoms with Crippen LogP contribution in [-0.4, -0.2) is 24.7 Å². The number of guanidine groups is 1. The Bertz CT molecular complexity index is 523. The van der Waals surface area contributed by atoms with E-state index in [9.17, 15) is 0 Å². The van der Waals surface area contributed by atoms with E-state index >= 15 is 0 Å². The first kappa shape index (κ1) is 15.2. The summed E-state index contributed by atoms with van der Waals surface area (Å²) in [5.41, 5.74) is 7.39. The minimum atomic E-state index is 0.327. The first-order chi connectivity index (χ1) is 10.8. The molecule has 4 heteroatoms. The van der Waals surface area contributed by atoms with E-state index in [-0.39, 0.29) is 0 Å². The maximum atomic E-state index is 6.08. The van der Waals surface area contributed by atoms with Crippen LogP contribution in [0.1, 0.15) is 56.9 Å². The molecule has 2 fully saturated rings. The number of nitrogens with two attached hydrogens (primary N) is 1. The number of ether oxygens (including phenoxy) is 1. The standard InChI is InChI=1S/C18H27N3O/c1-2-22-15-10-6-7-13(11-15)16-12-17(16)21-18(19)20-14-8-4-3-5-9-14/h6-7,10-11,14,16-17H,2-5,8-9,12H2,1H3,(H3,19,20,21)/t16-,17+/m0/s1. The molecule has 2 aliphatic carbocycles. The van der Waals surface area contributed by atoms with Gasteiger partial charge >= 0.3 is 0 Å². The van der Waals surface area contributed by atoms with Crippen molar-refractivity contribution in [2.24, 2.45) is 10.7 Å². The number of nitrogens with zero attached hydrogens (tertiary/aromatic N) is 1. The molecule has 0 bridgehead atoms. The first-order valence-electron chi connectivity index (χ1n) is 8.59. The van der Waals surface area contributed by atoms with Crippen LogP contribution in [0.3, 0.4) is 0 Å². The monoisotopic (exact) mass is 301 g/mol. The van der Waals surface area contributed by atoms with Crippen molar-refractivity contribution in [1.82, 2.24) is 5.32 Å². The molecule has 2 saturated carbocycles. The predicted octanol–water partition coefficient (Wildman–Crippen LogP) is 3.18. The van der Waals surface area contributed by atoms with Crippen molar-refractivity contribution in [2.75, 3.05) is 6.61 Å². The molecule has 0 radical (unpaired) electrons. The maximum absolute atomic E-state index is 6.08. The second kappa shape index (κ2) is 7.03. The molecule has 4 nitrogen and oxygen atoms in total. The lowest BCUT2D eigenvalue weighted by Gasteiger charge is -2.23. The highest BCUT2D eigenvalue weighted by atomic mass is 16.5. The molecule has 1 aromatic carbocycles. The zero-order valence-corrected chi connectivity index (χ0v) is 13.4. The van der Waals surface area contributed by atoms with E-state index in [1.54, 1.807) is 0 Å². The van der Waals surface area contributed by atoms with Crippen molar-refractivity contribution in [1.29, 1.82) is 0 Å². The Morgan fingerprint density at radius 2 is 2.14 bits per heavy atom. The van der Waals surface area contributed by atoms with Gasteiger partial charge in [0.05, 0.1) is 12.6 Å². The Hall–Kier alpha value is -1.71. The van der Waals surface area contributed by atoms with E-state index in [0.717, 1.165) is 12.2 Å². The zero-order chi connectivity index (χ0) is 15.4. The van der Waals surface area contributed by atoms with Crippen LogP contribution in [0.5, 0.6) is 5.75 Å². The average Bonchev–Trinajstić information content (AvgIpc) is 3.28. The van der Waals surface area contributed by atoms with Gasteiger partial charge < -0.3 is 15.8 Å². The van der Waals surface area contributed by atoms with E-state index in [0.29, 0.717) is 30.6 Å². The highest BCUT2D eigenvalue weighted by Crippen LogP contribution is 2.44. The summed E-state index contributed by atoms with van der Waals surface area (Å²) in [7, 11) is 0. The fourth-order valence-electron chi connectivity index (χ4n) is 3.36. The molecule has 0 unspecified atom stereocenters. The van der Waals surface area contributed by atoms with E-state index in [2.05, 4.69) is 28.5 Å². The SMILES string of the molecule is CCOc1cccc([C@@H]2C[C@H]2N=C(N)NC2CCCCC2)c1. The van der Waals surface area contributed by atoms with Crippen molar-refractivity contribution >= 4 is 5.96 Å². The summed E-state index contributed by atoms with van der Waals surface area (Å²) in [6.45, 7) is 2.71. The largest absolute Gasteiger partial charge is 0.494 e. The molecule has 0 amide bonds. The van der Waals surface area contributed by atoms with Crippen LogP contribution < -0.4 is 15.8 Å². The number of nitrogens with one attached hydrogen (secondary N) is 1. The molecule has 1 aromatic rings. The van der Waals surface area contributed by atoms with Crippen LogP contribution in [-0.2, 0) is 0 Å². The third-order valence-corrected chi connectivity index (χ3v) is 4.62. The van der Waals surface area contributed by atoms with E-state index < -0.39 is 0 Å². The van der Waals surface area contributed by atoms with Gasteiger partial charge in [-0.05, 0) is 43.9 Å². The fraction of sp³-hybridized carbons (Fsp3) is 0.611. The summed E-state index contributed by atoms with van der Waals surface area (Å²) < 4.78 is 5.57. The molecule has 0 saturated heterocycles.